The van der Waals surface area contributed by atoms with Gasteiger partial charge in [0.25, 0.3) is 0 Å². The zero-order chi connectivity index (χ0) is 14.3. The van der Waals surface area contributed by atoms with Gasteiger partial charge in [-0.25, -0.2) is 0 Å². The molecule has 1 unspecified atom stereocenters. The molecule has 0 heterocycles. The van der Waals surface area contributed by atoms with Gasteiger partial charge in [0.1, 0.15) is 12.1 Å². The number of ether oxygens (including phenoxy) is 2. The first kappa shape index (κ1) is 15.3. The maximum atomic E-state index is 11.6. The number of benzene rings is 1. The van der Waals surface area contributed by atoms with Gasteiger partial charge in [-0.2, -0.15) is 0 Å². The Morgan fingerprint density at radius 2 is 2.00 bits per heavy atom. The van der Waals surface area contributed by atoms with Crippen LogP contribution in [0.2, 0.25) is 0 Å². The lowest BCUT2D eigenvalue weighted by Crippen LogP contribution is -2.57. The molecule has 0 fully saturated rings. The minimum absolute atomic E-state index is 0.155. The highest BCUT2D eigenvalue weighted by Gasteiger charge is 2.31. The van der Waals surface area contributed by atoms with Gasteiger partial charge in [-0.05, 0) is 32.0 Å². The van der Waals surface area contributed by atoms with E-state index in [9.17, 15) is 4.79 Å². The molecule has 1 aromatic rings. The Bertz CT molecular complexity index is 423. The summed E-state index contributed by atoms with van der Waals surface area (Å²) in [5.74, 6) is 0.788. The summed E-state index contributed by atoms with van der Waals surface area (Å²) in [6.07, 6.45) is 0.914. The van der Waals surface area contributed by atoms with Crippen molar-refractivity contribution in [3.63, 3.8) is 0 Å². The van der Waals surface area contributed by atoms with Crippen molar-refractivity contribution in [3.05, 3.63) is 24.3 Å². The maximum Gasteiger partial charge on any atom is 0.240 e. The summed E-state index contributed by atoms with van der Waals surface area (Å²) in [4.78, 5) is 11.6. The molecule has 0 aliphatic rings. The van der Waals surface area contributed by atoms with Crippen molar-refractivity contribution in [2.24, 2.45) is 5.73 Å². The van der Waals surface area contributed by atoms with Crippen molar-refractivity contribution in [2.45, 2.75) is 25.8 Å². The summed E-state index contributed by atoms with van der Waals surface area (Å²) in [5, 5.41) is 3.11. The second kappa shape index (κ2) is 6.99. The van der Waals surface area contributed by atoms with E-state index in [0.29, 0.717) is 18.0 Å². The normalized spacial score (nSPS) is 13.6. The third kappa shape index (κ3) is 4.13. The number of nitrogens with two attached hydrogens (primary N) is 1. The highest BCUT2D eigenvalue weighted by Crippen LogP contribution is 2.26. The van der Waals surface area contributed by atoms with E-state index >= 15 is 0 Å². The molecular formula is C14H22N2O3. The van der Waals surface area contributed by atoms with E-state index in [0.717, 1.165) is 6.42 Å². The van der Waals surface area contributed by atoms with Crippen LogP contribution in [0.4, 0.5) is 0 Å². The molecule has 0 aromatic heterocycles. The van der Waals surface area contributed by atoms with E-state index in [1.807, 2.05) is 19.1 Å². The van der Waals surface area contributed by atoms with Crippen LogP contribution in [0.3, 0.4) is 0 Å². The third-order valence-electron chi connectivity index (χ3n) is 2.89. The van der Waals surface area contributed by atoms with E-state index in [1.165, 1.54) is 0 Å². The minimum atomic E-state index is -0.892. The first-order valence-corrected chi connectivity index (χ1v) is 6.34. The zero-order valence-corrected chi connectivity index (χ0v) is 11.7. The van der Waals surface area contributed by atoms with Gasteiger partial charge in [0.15, 0.2) is 11.5 Å². The molecule has 0 spiro atoms. The fourth-order valence-corrected chi connectivity index (χ4v) is 1.57. The Hall–Kier alpha value is -1.75. The molecule has 5 heteroatoms. The van der Waals surface area contributed by atoms with Crippen LogP contribution < -0.4 is 20.5 Å². The van der Waals surface area contributed by atoms with Crippen molar-refractivity contribution in [1.82, 2.24) is 5.32 Å². The number of hydrogen-bond donors (Lipinski definition) is 2. The van der Waals surface area contributed by atoms with Crippen LogP contribution in [0.15, 0.2) is 24.3 Å². The van der Waals surface area contributed by atoms with Crippen LogP contribution in [-0.4, -0.2) is 31.7 Å². The van der Waals surface area contributed by atoms with Crippen molar-refractivity contribution in [3.8, 4) is 11.5 Å². The first-order chi connectivity index (χ1) is 9.03. The summed E-state index contributed by atoms with van der Waals surface area (Å²) >= 11 is 0. The van der Waals surface area contributed by atoms with Crippen LogP contribution in [0, 0.1) is 0 Å². The lowest BCUT2D eigenvalue weighted by Gasteiger charge is -2.27. The van der Waals surface area contributed by atoms with Crippen molar-refractivity contribution in [2.75, 3.05) is 20.3 Å². The summed E-state index contributed by atoms with van der Waals surface area (Å²) in [6, 6.07) is 7.30. The van der Waals surface area contributed by atoms with Gasteiger partial charge in [-0.3, -0.25) is 4.79 Å². The second-order valence-electron chi connectivity index (χ2n) is 4.56. The van der Waals surface area contributed by atoms with Crippen molar-refractivity contribution in [1.29, 1.82) is 0 Å². The molecule has 0 saturated carbocycles. The highest BCUT2D eigenvalue weighted by atomic mass is 16.5. The monoisotopic (exact) mass is 266 g/mol. The third-order valence-corrected chi connectivity index (χ3v) is 2.89. The lowest BCUT2D eigenvalue weighted by atomic mass is 10.0. The van der Waals surface area contributed by atoms with Crippen LogP contribution in [0.5, 0.6) is 11.5 Å². The number of carbonyl (C=O) groups excluding carboxylic acids is 1. The number of amides is 1. The fraction of sp³-hybridized carbons (Fsp3) is 0.500. The van der Waals surface area contributed by atoms with Gasteiger partial charge >= 0.3 is 0 Å². The van der Waals surface area contributed by atoms with Crippen LogP contribution >= 0.6 is 0 Å². The Balaban J connectivity index is 2.73. The Morgan fingerprint density at radius 1 is 1.37 bits per heavy atom. The number of primary amides is 1. The number of hydrogen-bond acceptors (Lipinski definition) is 4. The zero-order valence-electron chi connectivity index (χ0n) is 11.7. The molecular weight excluding hydrogens is 244 g/mol. The molecule has 19 heavy (non-hydrogen) atoms. The molecule has 1 aromatic carbocycles. The van der Waals surface area contributed by atoms with Crippen molar-refractivity contribution < 1.29 is 14.3 Å². The van der Waals surface area contributed by atoms with Crippen LogP contribution in [0.25, 0.3) is 0 Å². The SMILES string of the molecule is CCCNC(C)(COc1ccccc1OC)C(N)=O. The predicted molar refractivity (Wildman–Crippen MR) is 74.4 cm³/mol. The average Bonchev–Trinajstić information content (AvgIpc) is 2.43. The summed E-state index contributed by atoms with van der Waals surface area (Å²) in [7, 11) is 1.57. The maximum absolute atomic E-state index is 11.6. The average molecular weight is 266 g/mol. The molecule has 0 radical (unpaired) electrons. The molecule has 0 saturated heterocycles. The molecule has 0 bridgehead atoms. The largest absolute Gasteiger partial charge is 0.493 e. The van der Waals surface area contributed by atoms with Gasteiger partial charge in [-0.15, -0.1) is 0 Å². The fourth-order valence-electron chi connectivity index (χ4n) is 1.57. The number of methoxy groups -OCH3 is 1. The van der Waals surface area contributed by atoms with E-state index in [4.69, 9.17) is 15.2 Å². The van der Waals surface area contributed by atoms with E-state index in [2.05, 4.69) is 5.32 Å². The van der Waals surface area contributed by atoms with Crippen LogP contribution in [0.1, 0.15) is 20.3 Å². The number of nitrogens with one attached hydrogen (secondary N) is 1. The lowest BCUT2D eigenvalue weighted by molar-refractivity contribution is -0.125. The Kier molecular flexibility index (Phi) is 5.63. The first-order valence-electron chi connectivity index (χ1n) is 6.34. The number of rotatable bonds is 8. The van der Waals surface area contributed by atoms with E-state index in [1.54, 1.807) is 26.2 Å². The van der Waals surface area contributed by atoms with Gasteiger partial charge < -0.3 is 20.5 Å². The molecule has 0 aliphatic heterocycles. The summed E-state index contributed by atoms with van der Waals surface area (Å²) < 4.78 is 10.9. The molecule has 1 rings (SSSR count). The molecule has 1 atom stereocenters. The van der Waals surface area contributed by atoms with E-state index < -0.39 is 11.4 Å². The van der Waals surface area contributed by atoms with E-state index in [-0.39, 0.29) is 6.61 Å². The quantitative estimate of drug-likeness (QED) is 0.744. The smallest absolute Gasteiger partial charge is 0.240 e. The predicted octanol–water partition coefficient (Wildman–Crippen LogP) is 1.32. The number of para-hydroxylation sites is 2. The van der Waals surface area contributed by atoms with Gasteiger partial charge in [0.2, 0.25) is 5.91 Å². The Morgan fingerprint density at radius 3 is 2.53 bits per heavy atom. The second-order valence-corrected chi connectivity index (χ2v) is 4.56. The van der Waals surface area contributed by atoms with Crippen LogP contribution in [-0.2, 0) is 4.79 Å². The standard InChI is InChI=1S/C14H22N2O3/c1-4-9-16-14(2,13(15)17)10-19-12-8-6-5-7-11(12)18-3/h5-8,16H,4,9-10H2,1-3H3,(H2,15,17). The molecule has 5 nitrogen and oxygen atoms in total. The summed E-state index contributed by atoms with van der Waals surface area (Å²) in [5.41, 5.74) is 4.54. The molecule has 106 valence electrons. The minimum Gasteiger partial charge on any atom is -0.493 e. The highest BCUT2D eigenvalue weighted by molar-refractivity contribution is 5.84. The van der Waals surface area contributed by atoms with Crippen molar-refractivity contribution >= 4 is 5.91 Å². The molecule has 1 amide bonds. The summed E-state index contributed by atoms with van der Waals surface area (Å²) in [6.45, 7) is 4.62. The molecule has 3 N–H and O–H groups in total. The van der Waals surface area contributed by atoms with Gasteiger partial charge in [0.05, 0.1) is 7.11 Å². The molecule has 0 aliphatic carbocycles. The topological polar surface area (TPSA) is 73.6 Å². The van der Waals surface area contributed by atoms with Gasteiger partial charge in [0, 0.05) is 0 Å². The number of carbonyl (C=O) groups is 1. The Labute approximate surface area is 114 Å². The van der Waals surface area contributed by atoms with Gasteiger partial charge in [-0.1, -0.05) is 19.1 Å².